The predicted molar refractivity (Wildman–Crippen MR) is 65.5 cm³/mol. The molecule has 1 heterocycles. The molecule has 2 aromatic rings. The van der Waals surface area contributed by atoms with Crippen LogP contribution in [-0.2, 0) is 0 Å². The van der Waals surface area contributed by atoms with Crippen molar-refractivity contribution in [3.05, 3.63) is 47.5 Å². The topological polar surface area (TPSA) is 34.1 Å². The van der Waals surface area contributed by atoms with Crippen molar-refractivity contribution in [2.45, 2.75) is 0 Å². The number of methoxy groups -OCH3 is 1. The van der Waals surface area contributed by atoms with E-state index >= 15 is 0 Å². The van der Waals surface area contributed by atoms with Crippen LogP contribution in [0, 0.1) is 5.95 Å². The van der Waals surface area contributed by atoms with Gasteiger partial charge in [-0.2, -0.15) is 4.39 Å². The zero-order valence-electron chi connectivity index (χ0n) is 9.08. The molecule has 0 bridgehead atoms. The third-order valence-electron chi connectivity index (χ3n) is 2.18. The summed E-state index contributed by atoms with van der Waals surface area (Å²) in [7, 11) is 1.57. The van der Waals surface area contributed by atoms with Crippen LogP contribution in [0.3, 0.4) is 0 Å². The van der Waals surface area contributed by atoms with Crippen LogP contribution >= 0.6 is 11.6 Å². The quantitative estimate of drug-likeness (QED) is 0.847. The minimum Gasteiger partial charge on any atom is -0.497 e. The van der Waals surface area contributed by atoms with Gasteiger partial charge in [0.05, 0.1) is 17.8 Å². The lowest BCUT2D eigenvalue weighted by Crippen LogP contribution is -1.94. The predicted octanol–water partition coefficient (Wildman–Crippen LogP) is 3.63. The maximum absolute atomic E-state index is 12.9. The van der Waals surface area contributed by atoms with Crippen molar-refractivity contribution in [2.24, 2.45) is 0 Å². The largest absolute Gasteiger partial charge is 0.497 e. The van der Waals surface area contributed by atoms with Gasteiger partial charge in [0.2, 0.25) is 5.95 Å². The van der Waals surface area contributed by atoms with Gasteiger partial charge in [-0.1, -0.05) is 11.6 Å². The lowest BCUT2D eigenvalue weighted by molar-refractivity contribution is 0.415. The Labute approximate surface area is 103 Å². The van der Waals surface area contributed by atoms with E-state index in [1.807, 2.05) is 0 Å². The van der Waals surface area contributed by atoms with Crippen molar-refractivity contribution in [1.82, 2.24) is 4.98 Å². The summed E-state index contributed by atoms with van der Waals surface area (Å²) >= 11 is 6.02. The van der Waals surface area contributed by atoms with Gasteiger partial charge in [0, 0.05) is 24.0 Å². The van der Waals surface area contributed by atoms with Crippen molar-refractivity contribution in [3.8, 4) is 5.75 Å². The Hall–Kier alpha value is -1.81. The minimum absolute atomic E-state index is 0.531. The molecular formula is C12H10ClFN2O. The van der Waals surface area contributed by atoms with E-state index in [2.05, 4.69) is 10.3 Å². The zero-order valence-corrected chi connectivity index (χ0v) is 9.83. The van der Waals surface area contributed by atoms with Crippen molar-refractivity contribution in [2.75, 3.05) is 12.4 Å². The van der Waals surface area contributed by atoms with Gasteiger partial charge in [-0.05, 0) is 18.2 Å². The fourth-order valence-electron chi connectivity index (χ4n) is 1.36. The SMILES string of the molecule is COc1ccc(Cl)c(Nc2ccnc(F)c2)c1. The molecule has 1 aromatic heterocycles. The first-order chi connectivity index (χ1) is 8.19. The molecule has 3 nitrogen and oxygen atoms in total. The normalized spacial score (nSPS) is 10.1. The van der Waals surface area contributed by atoms with Crippen LogP contribution in [0.5, 0.6) is 5.75 Å². The van der Waals surface area contributed by atoms with E-state index in [-0.39, 0.29) is 0 Å². The average molecular weight is 253 g/mol. The highest BCUT2D eigenvalue weighted by molar-refractivity contribution is 6.33. The van der Waals surface area contributed by atoms with Crippen LogP contribution < -0.4 is 10.1 Å². The lowest BCUT2D eigenvalue weighted by Gasteiger charge is -2.09. The summed E-state index contributed by atoms with van der Waals surface area (Å²) in [5.74, 6) is 0.125. The van der Waals surface area contributed by atoms with Crippen LogP contribution in [0.25, 0.3) is 0 Å². The Morgan fingerprint density at radius 1 is 1.29 bits per heavy atom. The number of pyridine rings is 1. The number of rotatable bonds is 3. The number of nitrogens with one attached hydrogen (secondary N) is 1. The highest BCUT2D eigenvalue weighted by atomic mass is 35.5. The molecule has 0 radical (unpaired) electrons. The molecule has 0 aliphatic rings. The molecule has 1 N–H and O–H groups in total. The summed E-state index contributed by atoms with van der Waals surface area (Å²) in [6.45, 7) is 0. The van der Waals surface area contributed by atoms with E-state index in [4.69, 9.17) is 16.3 Å². The van der Waals surface area contributed by atoms with Crippen molar-refractivity contribution in [3.63, 3.8) is 0 Å². The molecule has 0 unspecified atom stereocenters. The third kappa shape index (κ3) is 2.85. The Bertz CT molecular complexity index is 534. The third-order valence-corrected chi connectivity index (χ3v) is 2.51. The molecule has 0 aliphatic carbocycles. The fraction of sp³-hybridized carbons (Fsp3) is 0.0833. The van der Waals surface area contributed by atoms with Gasteiger partial charge in [-0.3, -0.25) is 0 Å². The molecule has 5 heteroatoms. The van der Waals surface area contributed by atoms with Gasteiger partial charge < -0.3 is 10.1 Å². The van der Waals surface area contributed by atoms with Crippen LogP contribution in [0.2, 0.25) is 5.02 Å². The molecule has 1 aromatic carbocycles. The van der Waals surface area contributed by atoms with Crippen LogP contribution in [0.1, 0.15) is 0 Å². The number of halogens is 2. The molecule has 0 saturated carbocycles. The summed E-state index contributed by atoms with van der Waals surface area (Å²) in [4.78, 5) is 3.47. The highest BCUT2D eigenvalue weighted by Gasteiger charge is 2.03. The number of aromatic nitrogens is 1. The first-order valence-corrected chi connectivity index (χ1v) is 5.29. The zero-order chi connectivity index (χ0) is 12.3. The second-order valence-electron chi connectivity index (χ2n) is 3.34. The molecule has 0 aliphatic heterocycles. The number of anilines is 2. The second kappa shape index (κ2) is 5.01. The molecule has 88 valence electrons. The summed E-state index contributed by atoms with van der Waals surface area (Å²) < 4.78 is 18.0. The van der Waals surface area contributed by atoms with Gasteiger partial charge in [0.1, 0.15) is 5.75 Å². The monoisotopic (exact) mass is 252 g/mol. The second-order valence-corrected chi connectivity index (χ2v) is 3.75. The Balaban J connectivity index is 2.29. The van der Waals surface area contributed by atoms with Gasteiger partial charge in [0.25, 0.3) is 0 Å². The summed E-state index contributed by atoms with van der Waals surface area (Å²) in [5.41, 5.74) is 1.23. The highest BCUT2D eigenvalue weighted by Crippen LogP contribution is 2.29. The fourth-order valence-corrected chi connectivity index (χ4v) is 1.53. The van der Waals surface area contributed by atoms with Crippen molar-refractivity contribution in [1.29, 1.82) is 0 Å². The molecular weight excluding hydrogens is 243 g/mol. The summed E-state index contributed by atoms with van der Waals surface area (Å²) in [6, 6.07) is 8.14. The smallest absolute Gasteiger partial charge is 0.214 e. The maximum Gasteiger partial charge on any atom is 0.214 e. The molecule has 0 spiro atoms. The first-order valence-electron chi connectivity index (χ1n) is 4.91. The Kier molecular flexibility index (Phi) is 3.44. The molecule has 0 saturated heterocycles. The van der Waals surface area contributed by atoms with Gasteiger partial charge >= 0.3 is 0 Å². The molecule has 17 heavy (non-hydrogen) atoms. The number of nitrogens with zero attached hydrogens (tertiary/aromatic N) is 1. The average Bonchev–Trinajstić information content (AvgIpc) is 2.32. The van der Waals surface area contributed by atoms with Crippen LogP contribution in [-0.4, -0.2) is 12.1 Å². The van der Waals surface area contributed by atoms with Crippen molar-refractivity contribution < 1.29 is 9.13 Å². The Morgan fingerprint density at radius 3 is 2.82 bits per heavy atom. The number of ether oxygens (including phenoxy) is 1. The summed E-state index contributed by atoms with van der Waals surface area (Å²) in [5, 5.41) is 3.53. The van der Waals surface area contributed by atoms with E-state index in [1.165, 1.54) is 12.3 Å². The van der Waals surface area contributed by atoms with E-state index in [0.717, 1.165) is 0 Å². The first kappa shape index (κ1) is 11.7. The summed E-state index contributed by atoms with van der Waals surface area (Å²) in [6.07, 6.45) is 1.38. The van der Waals surface area contributed by atoms with Crippen molar-refractivity contribution >= 4 is 23.0 Å². The van der Waals surface area contributed by atoms with Crippen LogP contribution in [0.4, 0.5) is 15.8 Å². The van der Waals surface area contributed by atoms with Gasteiger partial charge in [-0.25, -0.2) is 4.98 Å². The molecule has 0 amide bonds. The van der Waals surface area contributed by atoms with E-state index in [1.54, 1.807) is 31.4 Å². The standard InChI is InChI=1S/C12H10ClFN2O/c1-17-9-2-3-10(13)11(7-9)16-8-4-5-15-12(14)6-8/h2-7H,1H3,(H,15,16). The molecule has 0 fully saturated rings. The Morgan fingerprint density at radius 2 is 2.12 bits per heavy atom. The van der Waals surface area contributed by atoms with E-state index in [9.17, 15) is 4.39 Å². The lowest BCUT2D eigenvalue weighted by atomic mass is 10.3. The molecule has 0 atom stereocenters. The maximum atomic E-state index is 12.9. The van der Waals surface area contributed by atoms with E-state index in [0.29, 0.717) is 22.1 Å². The molecule has 2 rings (SSSR count). The van der Waals surface area contributed by atoms with Gasteiger partial charge in [0.15, 0.2) is 0 Å². The number of benzene rings is 1. The number of hydrogen-bond acceptors (Lipinski definition) is 3. The number of hydrogen-bond donors (Lipinski definition) is 1. The van der Waals surface area contributed by atoms with Crippen LogP contribution in [0.15, 0.2) is 36.5 Å². The minimum atomic E-state index is -0.547. The van der Waals surface area contributed by atoms with E-state index < -0.39 is 5.95 Å². The van der Waals surface area contributed by atoms with Gasteiger partial charge in [-0.15, -0.1) is 0 Å².